The summed E-state index contributed by atoms with van der Waals surface area (Å²) < 4.78 is 31.6. The van der Waals surface area contributed by atoms with Crippen molar-refractivity contribution in [1.29, 1.82) is 0 Å². The SMILES string of the molecule is CC[C@@H]1CN(S(=O)(=O)C(C)C)CC[C@H]1N[C@H](C)c1nc(C)no1. The highest BCUT2D eigenvalue weighted by Gasteiger charge is 2.36. The lowest BCUT2D eigenvalue weighted by Crippen LogP contribution is -2.52. The van der Waals surface area contributed by atoms with E-state index in [0.29, 0.717) is 24.8 Å². The average molecular weight is 344 g/mol. The summed E-state index contributed by atoms with van der Waals surface area (Å²) in [6.45, 7) is 10.5. The molecule has 1 aromatic rings. The number of hydrogen-bond acceptors (Lipinski definition) is 6. The van der Waals surface area contributed by atoms with E-state index in [9.17, 15) is 8.42 Å². The number of piperidine rings is 1. The lowest BCUT2D eigenvalue weighted by molar-refractivity contribution is 0.183. The quantitative estimate of drug-likeness (QED) is 0.847. The molecule has 0 spiro atoms. The molecule has 1 aliphatic heterocycles. The minimum absolute atomic E-state index is 0.0384. The van der Waals surface area contributed by atoms with Gasteiger partial charge in [-0.05, 0) is 40.0 Å². The third-order valence-corrected chi connectivity index (χ3v) is 6.80. The summed E-state index contributed by atoms with van der Waals surface area (Å²) in [5.74, 6) is 1.48. The molecule has 2 heterocycles. The van der Waals surface area contributed by atoms with Crippen molar-refractivity contribution < 1.29 is 12.9 Å². The maximum Gasteiger partial charge on any atom is 0.243 e. The Morgan fingerprint density at radius 1 is 1.39 bits per heavy atom. The van der Waals surface area contributed by atoms with E-state index in [1.54, 1.807) is 25.1 Å². The third-order valence-electron chi connectivity index (χ3n) is 4.55. The minimum atomic E-state index is -3.18. The molecule has 23 heavy (non-hydrogen) atoms. The monoisotopic (exact) mass is 344 g/mol. The average Bonchev–Trinajstić information content (AvgIpc) is 2.94. The van der Waals surface area contributed by atoms with Crippen molar-refractivity contribution in [3.8, 4) is 0 Å². The molecule has 8 heteroatoms. The van der Waals surface area contributed by atoms with Crippen LogP contribution in [0.1, 0.15) is 58.3 Å². The van der Waals surface area contributed by atoms with Crippen molar-refractivity contribution >= 4 is 10.0 Å². The first-order valence-corrected chi connectivity index (χ1v) is 9.81. The zero-order chi connectivity index (χ0) is 17.2. The normalized spacial score (nSPS) is 25.0. The molecule has 0 bridgehead atoms. The van der Waals surface area contributed by atoms with E-state index in [2.05, 4.69) is 22.4 Å². The van der Waals surface area contributed by atoms with Gasteiger partial charge >= 0.3 is 0 Å². The van der Waals surface area contributed by atoms with Gasteiger partial charge < -0.3 is 9.84 Å². The van der Waals surface area contributed by atoms with Crippen LogP contribution in [0, 0.1) is 12.8 Å². The molecule has 0 saturated carbocycles. The second kappa shape index (κ2) is 7.27. The van der Waals surface area contributed by atoms with E-state index in [-0.39, 0.29) is 23.3 Å². The van der Waals surface area contributed by atoms with Crippen LogP contribution in [0.15, 0.2) is 4.52 Å². The fourth-order valence-corrected chi connectivity index (χ4v) is 4.40. The molecular weight excluding hydrogens is 316 g/mol. The standard InChI is InChI=1S/C15H28N4O3S/c1-6-13-9-19(23(20,21)10(2)3)8-7-14(13)16-11(4)15-17-12(5)18-22-15/h10-11,13-14,16H,6-9H2,1-5H3/t11-,13-,14-/m1/s1. The Morgan fingerprint density at radius 2 is 2.09 bits per heavy atom. The largest absolute Gasteiger partial charge is 0.338 e. The number of nitrogens with zero attached hydrogens (tertiary/aromatic N) is 3. The molecule has 3 atom stereocenters. The van der Waals surface area contributed by atoms with Crippen LogP contribution >= 0.6 is 0 Å². The van der Waals surface area contributed by atoms with Crippen molar-refractivity contribution in [2.24, 2.45) is 5.92 Å². The molecule has 7 nitrogen and oxygen atoms in total. The van der Waals surface area contributed by atoms with E-state index in [1.165, 1.54) is 0 Å². The van der Waals surface area contributed by atoms with Crippen molar-refractivity contribution in [2.75, 3.05) is 13.1 Å². The first-order valence-electron chi connectivity index (χ1n) is 8.30. The Bertz CT molecular complexity index is 614. The number of nitrogens with one attached hydrogen (secondary N) is 1. The van der Waals surface area contributed by atoms with Gasteiger partial charge in [-0.3, -0.25) is 0 Å². The van der Waals surface area contributed by atoms with Gasteiger partial charge in [0.25, 0.3) is 0 Å². The summed E-state index contributed by atoms with van der Waals surface area (Å²) >= 11 is 0. The molecule has 0 amide bonds. The van der Waals surface area contributed by atoms with Gasteiger partial charge in [-0.1, -0.05) is 18.5 Å². The number of sulfonamides is 1. The molecule has 1 N–H and O–H groups in total. The van der Waals surface area contributed by atoms with Gasteiger partial charge in [0, 0.05) is 19.1 Å². The highest BCUT2D eigenvalue weighted by molar-refractivity contribution is 7.89. The Kier molecular flexibility index (Phi) is 5.80. The Hall–Kier alpha value is -0.990. The Balaban J connectivity index is 2.02. The van der Waals surface area contributed by atoms with Crippen molar-refractivity contribution in [2.45, 2.75) is 64.8 Å². The van der Waals surface area contributed by atoms with Crippen LogP contribution < -0.4 is 5.32 Å². The van der Waals surface area contributed by atoms with Gasteiger partial charge in [0.05, 0.1) is 11.3 Å². The highest BCUT2D eigenvalue weighted by Crippen LogP contribution is 2.26. The smallest absolute Gasteiger partial charge is 0.243 e. The third kappa shape index (κ3) is 4.10. The van der Waals surface area contributed by atoms with E-state index in [1.807, 2.05) is 6.92 Å². The lowest BCUT2D eigenvalue weighted by atomic mass is 9.90. The van der Waals surface area contributed by atoms with Gasteiger partial charge in [0.15, 0.2) is 5.82 Å². The molecular formula is C15H28N4O3S. The van der Waals surface area contributed by atoms with Crippen LogP contribution in [-0.4, -0.2) is 47.2 Å². The van der Waals surface area contributed by atoms with E-state index in [0.717, 1.165) is 12.8 Å². The lowest BCUT2D eigenvalue weighted by Gasteiger charge is -2.39. The van der Waals surface area contributed by atoms with Gasteiger partial charge in [-0.25, -0.2) is 12.7 Å². The van der Waals surface area contributed by atoms with E-state index < -0.39 is 10.0 Å². The molecule has 1 fully saturated rings. The second-order valence-corrected chi connectivity index (χ2v) is 9.07. The van der Waals surface area contributed by atoms with Crippen LogP contribution in [-0.2, 0) is 10.0 Å². The molecule has 0 aliphatic carbocycles. The number of rotatable bonds is 6. The summed E-state index contributed by atoms with van der Waals surface area (Å²) in [5.41, 5.74) is 0. The predicted octanol–water partition coefficient (Wildman–Crippen LogP) is 1.87. The number of aryl methyl sites for hydroxylation is 1. The molecule has 1 aliphatic rings. The molecule has 132 valence electrons. The summed E-state index contributed by atoms with van der Waals surface area (Å²) in [6, 6.07) is 0.212. The minimum Gasteiger partial charge on any atom is -0.338 e. The summed E-state index contributed by atoms with van der Waals surface area (Å²) in [7, 11) is -3.18. The molecule has 0 radical (unpaired) electrons. The summed E-state index contributed by atoms with van der Waals surface area (Å²) in [6.07, 6.45) is 1.72. The summed E-state index contributed by atoms with van der Waals surface area (Å²) in [5, 5.41) is 6.98. The maximum atomic E-state index is 12.4. The van der Waals surface area contributed by atoms with Crippen molar-refractivity contribution in [3.63, 3.8) is 0 Å². The van der Waals surface area contributed by atoms with Gasteiger partial charge in [0.1, 0.15) is 0 Å². The number of hydrogen-bond donors (Lipinski definition) is 1. The van der Waals surface area contributed by atoms with Crippen LogP contribution in [0.5, 0.6) is 0 Å². The van der Waals surface area contributed by atoms with Crippen LogP contribution in [0.3, 0.4) is 0 Å². The Morgan fingerprint density at radius 3 is 2.61 bits per heavy atom. The fourth-order valence-electron chi connectivity index (χ4n) is 3.04. The molecule has 0 unspecified atom stereocenters. The molecule has 0 aromatic carbocycles. The van der Waals surface area contributed by atoms with Gasteiger partial charge in [0.2, 0.25) is 15.9 Å². The highest BCUT2D eigenvalue weighted by atomic mass is 32.2. The Labute approximate surface area is 138 Å². The fraction of sp³-hybridized carbons (Fsp3) is 0.867. The second-order valence-electron chi connectivity index (χ2n) is 6.58. The molecule has 1 aromatic heterocycles. The first-order chi connectivity index (χ1) is 10.8. The molecule has 1 saturated heterocycles. The zero-order valence-electron chi connectivity index (χ0n) is 14.6. The van der Waals surface area contributed by atoms with Crippen LogP contribution in [0.4, 0.5) is 0 Å². The predicted molar refractivity (Wildman–Crippen MR) is 88.4 cm³/mol. The van der Waals surface area contributed by atoms with Crippen molar-refractivity contribution in [3.05, 3.63) is 11.7 Å². The van der Waals surface area contributed by atoms with Crippen LogP contribution in [0.2, 0.25) is 0 Å². The van der Waals surface area contributed by atoms with Gasteiger partial charge in [-0.15, -0.1) is 0 Å². The van der Waals surface area contributed by atoms with Gasteiger partial charge in [-0.2, -0.15) is 4.98 Å². The molecule has 2 rings (SSSR count). The zero-order valence-corrected chi connectivity index (χ0v) is 15.4. The number of aromatic nitrogens is 2. The van der Waals surface area contributed by atoms with Crippen LogP contribution in [0.25, 0.3) is 0 Å². The van der Waals surface area contributed by atoms with E-state index in [4.69, 9.17) is 4.52 Å². The topological polar surface area (TPSA) is 88.3 Å². The van der Waals surface area contributed by atoms with E-state index >= 15 is 0 Å². The first kappa shape index (κ1) is 18.4. The maximum absolute atomic E-state index is 12.4. The van der Waals surface area contributed by atoms with Crippen molar-refractivity contribution in [1.82, 2.24) is 19.8 Å². The summed E-state index contributed by atoms with van der Waals surface area (Å²) in [4.78, 5) is 4.26.